The van der Waals surface area contributed by atoms with Crippen LogP contribution in [0, 0.1) is 5.41 Å². The molecule has 3 N–H and O–H groups in total. The average Bonchev–Trinajstić information content (AvgIpc) is 3.14. The molecule has 7 nitrogen and oxygen atoms in total. The zero-order chi connectivity index (χ0) is 25.3. The van der Waals surface area contributed by atoms with E-state index in [9.17, 15) is 14.4 Å². The van der Waals surface area contributed by atoms with Crippen LogP contribution < -0.4 is 10.6 Å². The molecule has 2 aromatic rings. The lowest BCUT2D eigenvalue weighted by molar-refractivity contribution is -0.139. The van der Waals surface area contributed by atoms with E-state index in [4.69, 9.17) is 9.84 Å². The van der Waals surface area contributed by atoms with Crippen molar-refractivity contribution >= 4 is 18.0 Å². The molecule has 0 heterocycles. The van der Waals surface area contributed by atoms with Crippen molar-refractivity contribution in [2.45, 2.75) is 58.3 Å². The fourth-order valence-corrected chi connectivity index (χ4v) is 4.50. The summed E-state index contributed by atoms with van der Waals surface area (Å²) in [6.45, 7) is 4.84. The maximum absolute atomic E-state index is 12.2. The van der Waals surface area contributed by atoms with Gasteiger partial charge in [-0.05, 0) is 40.5 Å². The molecular weight excluding hydrogens is 444 g/mol. The molecule has 2 aromatic carbocycles. The van der Waals surface area contributed by atoms with Crippen LogP contribution in [-0.2, 0) is 14.3 Å². The molecule has 188 valence electrons. The zero-order valence-electron chi connectivity index (χ0n) is 20.6. The molecule has 0 fully saturated rings. The summed E-state index contributed by atoms with van der Waals surface area (Å²) in [5.74, 6) is -0.870. The molecule has 0 saturated heterocycles. The van der Waals surface area contributed by atoms with Crippen LogP contribution in [-0.4, -0.2) is 42.8 Å². The van der Waals surface area contributed by atoms with Gasteiger partial charge in [-0.1, -0.05) is 75.2 Å². The second kappa shape index (κ2) is 12.4. The largest absolute Gasteiger partial charge is 0.481 e. The Balaban J connectivity index is 1.27. The lowest BCUT2D eigenvalue weighted by Crippen LogP contribution is -2.35. The lowest BCUT2D eigenvalue weighted by Gasteiger charge is -2.22. The van der Waals surface area contributed by atoms with Crippen molar-refractivity contribution in [3.63, 3.8) is 0 Å². The summed E-state index contributed by atoms with van der Waals surface area (Å²) in [6, 6.07) is 16.5. The molecule has 3 rings (SSSR count). The van der Waals surface area contributed by atoms with Crippen molar-refractivity contribution in [1.82, 2.24) is 10.6 Å². The summed E-state index contributed by atoms with van der Waals surface area (Å²) in [5, 5.41) is 14.5. The number of alkyl carbamates (subject to hydrolysis) is 1. The van der Waals surface area contributed by atoms with Crippen LogP contribution in [0.3, 0.4) is 0 Å². The minimum Gasteiger partial charge on any atom is -0.481 e. The number of hydrogen-bond donors (Lipinski definition) is 3. The van der Waals surface area contributed by atoms with E-state index in [2.05, 4.69) is 34.9 Å². The minimum atomic E-state index is -0.865. The summed E-state index contributed by atoms with van der Waals surface area (Å²) in [7, 11) is 0. The van der Waals surface area contributed by atoms with Gasteiger partial charge in [-0.25, -0.2) is 4.79 Å². The number of aliphatic carboxylic acids is 1. The minimum absolute atomic E-state index is 0.0178. The fourth-order valence-electron chi connectivity index (χ4n) is 4.50. The molecule has 35 heavy (non-hydrogen) atoms. The number of fused-ring (bicyclic) bond motifs is 3. The Bertz CT molecular complexity index is 988. The molecule has 0 aliphatic heterocycles. The molecule has 0 bridgehead atoms. The molecule has 2 amide bonds. The van der Waals surface area contributed by atoms with E-state index in [0.717, 1.165) is 25.7 Å². The van der Waals surface area contributed by atoms with Gasteiger partial charge in [-0.2, -0.15) is 0 Å². The Labute approximate surface area is 207 Å². The number of rotatable bonds is 13. The van der Waals surface area contributed by atoms with Gasteiger partial charge < -0.3 is 20.5 Å². The van der Waals surface area contributed by atoms with Crippen molar-refractivity contribution in [3.05, 3.63) is 59.7 Å². The average molecular weight is 481 g/mol. The number of carboxylic acids is 1. The second-order valence-corrected chi connectivity index (χ2v) is 9.93. The van der Waals surface area contributed by atoms with E-state index in [-0.39, 0.29) is 18.2 Å². The molecule has 0 unspecified atom stereocenters. The number of ether oxygens (including phenoxy) is 1. The lowest BCUT2D eigenvalue weighted by atomic mass is 9.89. The first-order valence-corrected chi connectivity index (χ1v) is 12.3. The maximum Gasteiger partial charge on any atom is 0.407 e. The van der Waals surface area contributed by atoms with Gasteiger partial charge in [-0.3, -0.25) is 9.59 Å². The predicted molar refractivity (Wildman–Crippen MR) is 135 cm³/mol. The van der Waals surface area contributed by atoms with Crippen LogP contribution in [0.5, 0.6) is 0 Å². The highest BCUT2D eigenvalue weighted by Gasteiger charge is 2.29. The first-order valence-electron chi connectivity index (χ1n) is 12.3. The van der Waals surface area contributed by atoms with Crippen molar-refractivity contribution < 1.29 is 24.2 Å². The smallest absolute Gasteiger partial charge is 0.407 e. The number of nitrogens with one attached hydrogen (secondary N) is 2. The summed E-state index contributed by atoms with van der Waals surface area (Å²) >= 11 is 0. The Morgan fingerprint density at radius 3 is 2.11 bits per heavy atom. The number of carbonyl (C=O) groups excluding carboxylic acids is 2. The van der Waals surface area contributed by atoms with E-state index in [1.807, 2.05) is 38.1 Å². The summed E-state index contributed by atoms with van der Waals surface area (Å²) in [4.78, 5) is 35.0. The second-order valence-electron chi connectivity index (χ2n) is 9.93. The first kappa shape index (κ1) is 26.3. The number of carboxylic acid groups (broad SMARTS) is 1. The fraction of sp³-hybridized carbons (Fsp3) is 0.464. The van der Waals surface area contributed by atoms with E-state index >= 15 is 0 Å². The number of amides is 2. The molecule has 0 spiro atoms. The number of benzene rings is 2. The molecule has 0 atom stereocenters. The van der Waals surface area contributed by atoms with Crippen LogP contribution in [0.15, 0.2) is 48.5 Å². The van der Waals surface area contributed by atoms with Crippen LogP contribution in [0.2, 0.25) is 0 Å². The Hall–Kier alpha value is -3.35. The Morgan fingerprint density at radius 1 is 0.886 bits per heavy atom. The summed E-state index contributed by atoms with van der Waals surface area (Å²) in [6.07, 6.45) is 3.40. The summed E-state index contributed by atoms with van der Waals surface area (Å²) in [5.41, 5.74) is 4.32. The SMILES string of the molecule is CC(C)(CNC(=O)CCCCCCNC(=O)OCC1c2ccccc2-c2ccccc21)CC(=O)O. The quantitative estimate of drug-likeness (QED) is 0.346. The van der Waals surface area contributed by atoms with Gasteiger partial charge >= 0.3 is 12.1 Å². The molecule has 0 aromatic heterocycles. The van der Waals surface area contributed by atoms with Crippen molar-refractivity contribution in [1.29, 1.82) is 0 Å². The van der Waals surface area contributed by atoms with Gasteiger partial charge in [-0.15, -0.1) is 0 Å². The Kier molecular flexibility index (Phi) is 9.29. The van der Waals surface area contributed by atoms with Gasteiger partial charge in [0.2, 0.25) is 5.91 Å². The number of unbranched alkanes of at least 4 members (excludes halogenated alkanes) is 3. The third-order valence-corrected chi connectivity index (χ3v) is 6.34. The monoisotopic (exact) mass is 480 g/mol. The highest BCUT2D eigenvalue weighted by atomic mass is 16.5. The Morgan fingerprint density at radius 2 is 1.49 bits per heavy atom. The van der Waals surface area contributed by atoms with Gasteiger partial charge in [0.25, 0.3) is 0 Å². The third-order valence-electron chi connectivity index (χ3n) is 6.34. The van der Waals surface area contributed by atoms with E-state index in [1.165, 1.54) is 22.3 Å². The third kappa shape index (κ3) is 7.84. The highest BCUT2D eigenvalue weighted by molar-refractivity contribution is 5.79. The van der Waals surface area contributed by atoms with Gasteiger partial charge in [0, 0.05) is 25.4 Å². The molecule has 1 aliphatic rings. The molecule has 0 radical (unpaired) electrons. The van der Waals surface area contributed by atoms with Crippen LogP contribution in [0.1, 0.15) is 69.4 Å². The van der Waals surface area contributed by atoms with Crippen molar-refractivity contribution in [2.24, 2.45) is 5.41 Å². The number of hydrogen-bond acceptors (Lipinski definition) is 4. The van der Waals surface area contributed by atoms with Crippen LogP contribution in [0.4, 0.5) is 4.79 Å². The van der Waals surface area contributed by atoms with Crippen molar-refractivity contribution in [2.75, 3.05) is 19.7 Å². The van der Waals surface area contributed by atoms with Crippen molar-refractivity contribution in [3.8, 4) is 11.1 Å². The number of carbonyl (C=O) groups is 3. The van der Waals surface area contributed by atoms with E-state index in [0.29, 0.717) is 26.1 Å². The van der Waals surface area contributed by atoms with Crippen LogP contribution in [0.25, 0.3) is 11.1 Å². The molecule has 7 heteroatoms. The highest BCUT2D eigenvalue weighted by Crippen LogP contribution is 2.44. The normalized spacial score (nSPS) is 12.5. The van der Waals surface area contributed by atoms with Gasteiger partial charge in [0.1, 0.15) is 6.61 Å². The van der Waals surface area contributed by atoms with Gasteiger partial charge in [0.05, 0.1) is 6.42 Å². The van der Waals surface area contributed by atoms with Gasteiger partial charge in [0.15, 0.2) is 0 Å². The summed E-state index contributed by atoms with van der Waals surface area (Å²) < 4.78 is 5.54. The predicted octanol–water partition coefficient (Wildman–Crippen LogP) is 5.09. The van der Waals surface area contributed by atoms with Crippen LogP contribution >= 0.6 is 0 Å². The van der Waals surface area contributed by atoms with E-state index in [1.54, 1.807) is 0 Å². The first-order chi connectivity index (χ1) is 16.8. The molecular formula is C28H36N2O5. The molecule has 1 aliphatic carbocycles. The molecule has 0 saturated carbocycles. The van der Waals surface area contributed by atoms with E-state index < -0.39 is 17.5 Å². The topological polar surface area (TPSA) is 105 Å². The standard InChI is InChI=1S/C28H36N2O5/c1-28(2,17-26(32)33)19-30-25(31)15-5-3-4-10-16-29-27(34)35-18-24-22-13-8-6-11-20(22)21-12-7-9-14-23(21)24/h6-9,11-14,24H,3-5,10,15-19H2,1-2H3,(H,29,34)(H,30,31)(H,32,33). The zero-order valence-corrected chi connectivity index (χ0v) is 20.6. The maximum atomic E-state index is 12.2.